The molecule has 5 nitrogen and oxygen atoms in total. The predicted molar refractivity (Wildman–Crippen MR) is 81.5 cm³/mol. The van der Waals surface area contributed by atoms with Gasteiger partial charge in [0, 0.05) is 13.1 Å². The van der Waals surface area contributed by atoms with E-state index in [9.17, 15) is 4.79 Å². The highest BCUT2D eigenvalue weighted by molar-refractivity contribution is 5.74. The van der Waals surface area contributed by atoms with Crippen molar-refractivity contribution in [2.45, 2.75) is 32.9 Å². The van der Waals surface area contributed by atoms with Gasteiger partial charge in [-0.1, -0.05) is 32.0 Å². The Morgan fingerprint density at radius 1 is 1.24 bits per heavy atom. The molecule has 0 bridgehead atoms. The van der Waals surface area contributed by atoms with Crippen LogP contribution in [0.2, 0.25) is 0 Å². The lowest BCUT2D eigenvalue weighted by atomic mass is 10.0. The average Bonchev–Trinajstić information content (AvgIpc) is 2.48. The van der Waals surface area contributed by atoms with Crippen LogP contribution in [0.25, 0.3) is 0 Å². The van der Waals surface area contributed by atoms with Gasteiger partial charge in [-0.05, 0) is 24.5 Å². The summed E-state index contributed by atoms with van der Waals surface area (Å²) < 4.78 is 11.1. The largest absolute Gasteiger partial charge is 0.471 e. The minimum absolute atomic E-state index is 0.104. The van der Waals surface area contributed by atoms with Crippen molar-refractivity contribution in [2.75, 3.05) is 26.3 Å². The number of para-hydroxylation sites is 1. The molecule has 5 heteroatoms. The minimum atomic E-state index is -0.375. The average molecular weight is 292 g/mol. The van der Waals surface area contributed by atoms with Crippen molar-refractivity contribution in [3.05, 3.63) is 29.8 Å². The first kappa shape index (κ1) is 15.6. The van der Waals surface area contributed by atoms with E-state index < -0.39 is 0 Å². The molecule has 0 spiro atoms. The van der Waals surface area contributed by atoms with Crippen LogP contribution >= 0.6 is 0 Å². The number of rotatable bonds is 4. The number of nitrogens with zero attached hydrogens (tertiary/aromatic N) is 1. The first-order valence-electron chi connectivity index (χ1n) is 7.46. The predicted octanol–water partition coefficient (Wildman–Crippen LogP) is 2.58. The van der Waals surface area contributed by atoms with Crippen LogP contribution in [-0.2, 0) is 4.74 Å². The molecule has 0 aliphatic carbocycles. The summed E-state index contributed by atoms with van der Waals surface area (Å²) in [6.45, 7) is 8.54. The smallest absolute Gasteiger partial charge is 0.320 e. The maximum Gasteiger partial charge on any atom is 0.320 e. The summed E-state index contributed by atoms with van der Waals surface area (Å²) in [6.07, 6.45) is -0.375. The van der Waals surface area contributed by atoms with Gasteiger partial charge in [0.05, 0.1) is 13.2 Å². The highest BCUT2D eigenvalue weighted by Crippen LogP contribution is 2.26. The van der Waals surface area contributed by atoms with Gasteiger partial charge in [0.25, 0.3) is 0 Å². The summed E-state index contributed by atoms with van der Waals surface area (Å²) in [7, 11) is 0. The normalized spacial score (nSPS) is 16.7. The van der Waals surface area contributed by atoms with Crippen LogP contribution in [0.1, 0.15) is 32.3 Å². The molecule has 1 aliphatic heterocycles. The van der Waals surface area contributed by atoms with Crippen LogP contribution < -0.4 is 10.1 Å². The summed E-state index contributed by atoms with van der Waals surface area (Å²) in [5.74, 6) is 1.20. The number of nitrogens with one attached hydrogen (secondary N) is 1. The van der Waals surface area contributed by atoms with E-state index in [4.69, 9.17) is 9.47 Å². The van der Waals surface area contributed by atoms with Crippen LogP contribution in [0.5, 0.6) is 5.75 Å². The molecule has 1 atom stereocenters. The van der Waals surface area contributed by atoms with Gasteiger partial charge >= 0.3 is 6.03 Å². The molecule has 1 unspecified atom stereocenters. The molecule has 0 radical (unpaired) electrons. The van der Waals surface area contributed by atoms with Crippen molar-refractivity contribution in [1.82, 2.24) is 10.2 Å². The SMILES string of the molecule is CC(NC(=O)N1CCOCC1)Oc1ccccc1C(C)C. The standard InChI is InChI=1S/C16H24N2O3/c1-12(2)14-6-4-5-7-15(14)21-13(3)17-16(19)18-8-10-20-11-9-18/h4-7,12-13H,8-11H2,1-3H3,(H,17,19). The maximum atomic E-state index is 12.1. The number of hydrogen-bond acceptors (Lipinski definition) is 3. The molecule has 1 saturated heterocycles. The molecule has 2 rings (SSSR count). The monoisotopic (exact) mass is 292 g/mol. The molecule has 1 aromatic carbocycles. The lowest BCUT2D eigenvalue weighted by molar-refractivity contribution is 0.0492. The summed E-state index contributed by atoms with van der Waals surface area (Å²) in [5.41, 5.74) is 1.14. The van der Waals surface area contributed by atoms with Gasteiger partial charge in [-0.2, -0.15) is 0 Å². The lowest BCUT2D eigenvalue weighted by Gasteiger charge is -2.28. The molecule has 1 aromatic rings. The molecule has 1 heterocycles. The highest BCUT2D eigenvalue weighted by Gasteiger charge is 2.19. The second-order valence-electron chi connectivity index (χ2n) is 5.50. The first-order chi connectivity index (χ1) is 10.1. The molecular weight excluding hydrogens is 268 g/mol. The lowest BCUT2D eigenvalue weighted by Crippen LogP contribution is -2.49. The fraction of sp³-hybridized carbons (Fsp3) is 0.562. The van der Waals surface area contributed by atoms with E-state index in [1.807, 2.05) is 25.1 Å². The van der Waals surface area contributed by atoms with Crippen LogP contribution in [0, 0.1) is 0 Å². The van der Waals surface area contributed by atoms with Crippen molar-refractivity contribution in [1.29, 1.82) is 0 Å². The Kier molecular flexibility index (Phi) is 5.44. The van der Waals surface area contributed by atoms with E-state index in [2.05, 4.69) is 25.2 Å². The van der Waals surface area contributed by atoms with Gasteiger partial charge in [-0.15, -0.1) is 0 Å². The third-order valence-electron chi connectivity index (χ3n) is 3.47. The molecule has 1 fully saturated rings. The fourth-order valence-electron chi connectivity index (χ4n) is 2.32. The van der Waals surface area contributed by atoms with Crippen LogP contribution in [0.4, 0.5) is 4.79 Å². The van der Waals surface area contributed by atoms with Crippen molar-refractivity contribution < 1.29 is 14.3 Å². The van der Waals surface area contributed by atoms with Gasteiger partial charge in [0.15, 0.2) is 6.23 Å². The second-order valence-corrected chi connectivity index (χ2v) is 5.50. The number of hydrogen-bond donors (Lipinski definition) is 1. The number of benzene rings is 1. The number of carbonyl (C=O) groups excluding carboxylic acids is 1. The Morgan fingerprint density at radius 2 is 1.90 bits per heavy atom. The zero-order valence-corrected chi connectivity index (χ0v) is 13.0. The van der Waals surface area contributed by atoms with Crippen LogP contribution in [0.3, 0.4) is 0 Å². The van der Waals surface area contributed by atoms with E-state index in [0.717, 1.165) is 11.3 Å². The summed E-state index contributed by atoms with van der Waals surface area (Å²) in [6, 6.07) is 7.83. The van der Waals surface area contributed by atoms with E-state index >= 15 is 0 Å². The third kappa shape index (κ3) is 4.36. The molecule has 1 N–H and O–H groups in total. The van der Waals surface area contributed by atoms with Crippen molar-refractivity contribution in [3.63, 3.8) is 0 Å². The molecule has 21 heavy (non-hydrogen) atoms. The van der Waals surface area contributed by atoms with E-state index in [1.165, 1.54) is 0 Å². The molecule has 116 valence electrons. The Balaban J connectivity index is 1.92. The fourth-order valence-corrected chi connectivity index (χ4v) is 2.32. The van der Waals surface area contributed by atoms with Gasteiger partial charge in [-0.25, -0.2) is 4.79 Å². The number of urea groups is 1. The van der Waals surface area contributed by atoms with E-state index in [-0.39, 0.29) is 12.3 Å². The topological polar surface area (TPSA) is 50.8 Å². The number of ether oxygens (including phenoxy) is 2. The minimum Gasteiger partial charge on any atom is -0.471 e. The second kappa shape index (κ2) is 7.31. The number of amides is 2. The Morgan fingerprint density at radius 3 is 2.57 bits per heavy atom. The maximum absolute atomic E-state index is 12.1. The number of carbonyl (C=O) groups is 1. The summed E-state index contributed by atoms with van der Waals surface area (Å²) in [4.78, 5) is 13.8. The zero-order chi connectivity index (χ0) is 15.2. The molecule has 1 aliphatic rings. The quantitative estimate of drug-likeness (QED) is 0.868. The molecular formula is C16H24N2O3. The van der Waals surface area contributed by atoms with Gasteiger partial charge in [0.2, 0.25) is 0 Å². The van der Waals surface area contributed by atoms with Crippen LogP contribution in [0.15, 0.2) is 24.3 Å². The Bertz CT molecular complexity index is 470. The van der Waals surface area contributed by atoms with Crippen molar-refractivity contribution in [2.24, 2.45) is 0 Å². The van der Waals surface area contributed by atoms with Crippen molar-refractivity contribution >= 4 is 6.03 Å². The van der Waals surface area contributed by atoms with Gasteiger partial charge in [0.1, 0.15) is 5.75 Å². The summed E-state index contributed by atoms with van der Waals surface area (Å²) in [5, 5.41) is 2.87. The van der Waals surface area contributed by atoms with Gasteiger partial charge < -0.3 is 19.7 Å². The molecule has 0 saturated carbocycles. The Hall–Kier alpha value is -1.75. The van der Waals surface area contributed by atoms with Crippen LogP contribution in [-0.4, -0.2) is 43.5 Å². The van der Waals surface area contributed by atoms with E-state index in [1.54, 1.807) is 4.90 Å². The summed E-state index contributed by atoms with van der Waals surface area (Å²) >= 11 is 0. The number of morpholine rings is 1. The first-order valence-corrected chi connectivity index (χ1v) is 7.46. The molecule has 0 aromatic heterocycles. The Labute approximate surface area is 126 Å². The van der Waals surface area contributed by atoms with Gasteiger partial charge in [-0.3, -0.25) is 0 Å². The highest BCUT2D eigenvalue weighted by atomic mass is 16.5. The third-order valence-corrected chi connectivity index (χ3v) is 3.47. The van der Waals surface area contributed by atoms with E-state index in [0.29, 0.717) is 32.2 Å². The zero-order valence-electron chi connectivity index (χ0n) is 13.0. The van der Waals surface area contributed by atoms with Crippen molar-refractivity contribution in [3.8, 4) is 5.75 Å². The molecule has 2 amide bonds.